The molecule has 0 N–H and O–H groups in total. The Labute approximate surface area is 189 Å². The SMILES string of the molecule is COc1ccc(-c2nn(C)c3nc4c(C)cc(C)cc4c(-c4ccccc4Br)c23)cc1. The van der Waals surface area contributed by atoms with Crippen LogP contribution < -0.4 is 4.74 Å². The molecule has 0 unspecified atom stereocenters. The van der Waals surface area contributed by atoms with Crippen molar-refractivity contribution in [2.75, 3.05) is 7.11 Å². The summed E-state index contributed by atoms with van der Waals surface area (Å²) in [6, 6.07) is 20.8. The number of ether oxygens (including phenoxy) is 1. The van der Waals surface area contributed by atoms with Crippen molar-refractivity contribution in [2.24, 2.45) is 7.05 Å². The van der Waals surface area contributed by atoms with Crippen molar-refractivity contribution in [1.82, 2.24) is 14.8 Å². The maximum absolute atomic E-state index is 5.35. The molecule has 0 saturated heterocycles. The maximum atomic E-state index is 5.35. The van der Waals surface area contributed by atoms with Crippen molar-refractivity contribution in [3.8, 4) is 28.1 Å². The van der Waals surface area contributed by atoms with Crippen molar-refractivity contribution in [2.45, 2.75) is 13.8 Å². The number of benzene rings is 3. The average molecular weight is 472 g/mol. The minimum absolute atomic E-state index is 0.824. The summed E-state index contributed by atoms with van der Waals surface area (Å²) < 4.78 is 8.28. The first-order valence-electron chi connectivity index (χ1n) is 10.1. The van der Waals surface area contributed by atoms with Crippen molar-refractivity contribution in [3.63, 3.8) is 0 Å². The normalized spacial score (nSPS) is 11.4. The topological polar surface area (TPSA) is 39.9 Å². The van der Waals surface area contributed by atoms with Gasteiger partial charge in [-0.25, -0.2) is 9.67 Å². The van der Waals surface area contributed by atoms with Crippen LogP contribution >= 0.6 is 15.9 Å². The van der Waals surface area contributed by atoms with Crippen LogP contribution in [0.1, 0.15) is 11.1 Å². The van der Waals surface area contributed by atoms with Gasteiger partial charge < -0.3 is 4.74 Å². The second-order valence-electron chi connectivity index (χ2n) is 7.84. The Kier molecular flexibility index (Phi) is 4.78. The average Bonchev–Trinajstić information content (AvgIpc) is 3.09. The zero-order chi connectivity index (χ0) is 21.7. The van der Waals surface area contributed by atoms with Crippen LogP contribution in [-0.4, -0.2) is 21.9 Å². The fraction of sp³-hybridized carbons (Fsp3) is 0.154. The number of hydrogen-bond acceptors (Lipinski definition) is 3. The van der Waals surface area contributed by atoms with Gasteiger partial charge in [0.25, 0.3) is 0 Å². The Bertz CT molecular complexity index is 1450. The molecule has 2 heterocycles. The van der Waals surface area contributed by atoms with Crippen molar-refractivity contribution in [1.29, 1.82) is 0 Å². The Morgan fingerprint density at radius 3 is 2.42 bits per heavy atom. The Morgan fingerprint density at radius 2 is 1.71 bits per heavy atom. The molecule has 0 bridgehead atoms. The molecule has 0 amide bonds. The lowest BCUT2D eigenvalue weighted by molar-refractivity contribution is 0.415. The Balaban J connectivity index is 1.98. The molecular formula is C26H22BrN3O. The molecule has 0 atom stereocenters. The quantitative estimate of drug-likeness (QED) is 0.289. The highest BCUT2D eigenvalue weighted by Gasteiger charge is 2.22. The van der Waals surface area contributed by atoms with Crippen molar-refractivity contribution >= 4 is 37.9 Å². The monoisotopic (exact) mass is 471 g/mol. The first-order valence-corrected chi connectivity index (χ1v) is 10.9. The van der Waals surface area contributed by atoms with Gasteiger partial charge in [-0.2, -0.15) is 5.10 Å². The number of aryl methyl sites for hydroxylation is 3. The number of pyridine rings is 1. The van der Waals surface area contributed by atoms with E-state index in [0.29, 0.717) is 0 Å². The van der Waals surface area contributed by atoms with E-state index in [1.54, 1.807) is 7.11 Å². The van der Waals surface area contributed by atoms with Gasteiger partial charge in [0.1, 0.15) is 11.4 Å². The van der Waals surface area contributed by atoms with E-state index < -0.39 is 0 Å². The fourth-order valence-corrected chi connectivity index (χ4v) is 4.79. The van der Waals surface area contributed by atoms with Crippen LogP contribution in [0.15, 0.2) is 65.1 Å². The Hall–Kier alpha value is -3.18. The molecule has 0 fully saturated rings. The lowest BCUT2D eigenvalue weighted by atomic mass is 9.93. The van der Waals surface area contributed by atoms with E-state index in [-0.39, 0.29) is 0 Å². The second-order valence-corrected chi connectivity index (χ2v) is 8.70. The molecule has 0 spiro atoms. The third-order valence-electron chi connectivity index (χ3n) is 5.71. The molecule has 5 aromatic rings. The van der Waals surface area contributed by atoms with E-state index >= 15 is 0 Å². The molecule has 0 aliphatic carbocycles. The molecule has 0 aliphatic heterocycles. The number of rotatable bonds is 3. The van der Waals surface area contributed by atoms with Crippen LogP contribution in [0.3, 0.4) is 0 Å². The zero-order valence-corrected chi connectivity index (χ0v) is 19.5. The zero-order valence-electron chi connectivity index (χ0n) is 17.9. The smallest absolute Gasteiger partial charge is 0.159 e. The standard InChI is InChI=1S/C26H22BrN3O/c1-15-13-16(2)24-20(14-15)22(19-7-5-6-8-21(19)27)23-25(29-30(3)26(23)28-24)17-9-11-18(31-4)12-10-17/h5-14H,1-4H3. The van der Waals surface area contributed by atoms with Gasteiger partial charge >= 0.3 is 0 Å². The van der Waals surface area contributed by atoms with E-state index in [1.165, 1.54) is 5.56 Å². The fourth-order valence-electron chi connectivity index (χ4n) is 4.31. The number of aromatic nitrogens is 3. The van der Waals surface area contributed by atoms with Gasteiger partial charge in [0, 0.05) is 28.0 Å². The maximum Gasteiger partial charge on any atom is 0.159 e. The molecule has 0 saturated carbocycles. The van der Waals surface area contributed by atoms with E-state index in [1.807, 2.05) is 29.9 Å². The number of methoxy groups -OCH3 is 1. The third-order valence-corrected chi connectivity index (χ3v) is 6.40. The number of nitrogens with zero attached hydrogens (tertiary/aromatic N) is 3. The van der Waals surface area contributed by atoms with Crippen LogP contribution in [0.5, 0.6) is 5.75 Å². The number of fused-ring (bicyclic) bond motifs is 2. The van der Waals surface area contributed by atoms with Crippen LogP contribution in [0.2, 0.25) is 0 Å². The predicted octanol–water partition coefficient (Wildman–Crippen LogP) is 6.84. The van der Waals surface area contributed by atoms with Gasteiger partial charge in [0.2, 0.25) is 0 Å². The molecule has 5 rings (SSSR count). The minimum atomic E-state index is 0.824. The summed E-state index contributed by atoms with van der Waals surface area (Å²) in [4.78, 5) is 5.07. The second kappa shape index (κ2) is 7.50. The van der Waals surface area contributed by atoms with Crippen molar-refractivity contribution in [3.05, 3.63) is 76.3 Å². The molecule has 2 aromatic heterocycles. The Morgan fingerprint density at radius 1 is 0.968 bits per heavy atom. The predicted molar refractivity (Wildman–Crippen MR) is 131 cm³/mol. The highest BCUT2D eigenvalue weighted by atomic mass is 79.9. The molecule has 4 nitrogen and oxygen atoms in total. The molecule has 154 valence electrons. The summed E-state index contributed by atoms with van der Waals surface area (Å²) in [6.45, 7) is 4.26. The van der Waals surface area contributed by atoms with Crippen LogP contribution in [0.4, 0.5) is 0 Å². The molecular weight excluding hydrogens is 450 g/mol. The van der Waals surface area contributed by atoms with Crippen LogP contribution in [0.25, 0.3) is 44.3 Å². The van der Waals surface area contributed by atoms with Crippen LogP contribution in [-0.2, 0) is 7.05 Å². The molecule has 3 aromatic carbocycles. The highest BCUT2D eigenvalue weighted by Crippen LogP contribution is 2.43. The van der Waals surface area contributed by atoms with E-state index in [2.05, 4.69) is 72.2 Å². The summed E-state index contributed by atoms with van der Waals surface area (Å²) in [6.07, 6.45) is 0. The van der Waals surface area contributed by atoms with Gasteiger partial charge in [-0.15, -0.1) is 0 Å². The van der Waals surface area contributed by atoms with Crippen molar-refractivity contribution < 1.29 is 4.74 Å². The first kappa shape index (κ1) is 19.8. The summed E-state index contributed by atoms with van der Waals surface area (Å²) in [5, 5.41) is 7.10. The molecule has 31 heavy (non-hydrogen) atoms. The van der Waals surface area contributed by atoms with E-state index in [9.17, 15) is 0 Å². The largest absolute Gasteiger partial charge is 0.497 e. The van der Waals surface area contributed by atoms with Crippen LogP contribution in [0, 0.1) is 13.8 Å². The van der Waals surface area contributed by atoms with Gasteiger partial charge in [0.15, 0.2) is 5.65 Å². The van der Waals surface area contributed by atoms with Gasteiger partial charge in [-0.05, 0) is 61.4 Å². The molecule has 0 aliphatic rings. The lowest BCUT2D eigenvalue weighted by Gasteiger charge is -2.14. The first-order chi connectivity index (χ1) is 15.0. The minimum Gasteiger partial charge on any atom is -0.497 e. The summed E-state index contributed by atoms with van der Waals surface area (Å²) in [5.41, 5.74) is 8.49. The van der Waals surface area contributed by atoms with Gasteiger partial charge in [0.05, 0.1) is 18.0 Å². The molecule has 5 heteroatoms. The van der Waals surface area contributed by atoms with Gasteiger partial charge in [-0.3, -0.25) is 0 Å². The highest BCUT2D eigenvalue weighted by molar-refractivity contribution is 9.10. The number of hydrogen-bond donors (Lipinski definition) is 0. The summed E-state index contributed by atoms with van der Waals surface area (Å²) >= 11 is 3.78. The summed E-state index contributed by atoms with van der Waals surface area (Å²) in [7, 11) is 3.64. The van der Waals surface area contributed by atoms with E-state index in [4.69, 9.17) is 14.8 Å². The van der Waals surface area contributed by atoms with E-state index in [0.717, 1.165) is 60.1 Å². The third kappa shape index (κ3) is 3.20. The van der Waals surface area contributed by atoms with Gasteiger partial charge in [-0.1, -0.05) is 45.8 Å². The lowest BCUT2D eigenvalue weighted by Crippen LogP contribution is -1.96. The summed E-state index contributed by atoms with van der Waals surface area (Å²) in [5.74, 6) is 0.824. The molecule has 0 radical (unpaired) electrons. The number of halogens is 1.